The van der Waals surface area contributed by atoms with E-state index in [1.165, 1.54) is 0 Å². The molecule has 0 fully saturated rings. The van der Waals surface area contributed by atoms with Gasteiger partial charge in [0.1, 0.15) is 5.75 Å². The van der Waals surface area contributed by atoms with E-state index in [-0.39, 0.29) is 0 Å². The van der Waals surface area contributed by atoms with E-state index in [2.05, 4.69) is 10.5 Å². The van der Waals surface area contributed by atoms with Crippen LogP contribution in [0.4, 0.5) is 0 Å². The van der Waals surface area contributed by atoms with E-state index in [9.17, 15) is 0 Å². The summed E-state index contributed by atoms with van der Waals surface area (Å²) < 4.78 is 5.15. The molecule has 4 heteroatoms. The van der Waals surface area contributed by atoms with Crippen molar-refractivity contribution in [2.75, 3.05) is 7.11 Å². The van der Waals surface area contributed by atoms with Crippen molar-refractivity contribution in [2.24, 2.45) is 5.10 Å². The van der Waals surface area contributed by atoms with Gasteiger partial charge in [-0.25, -0.2) is 0 Å². The molecule has 98 valence electrons. The maximum absolute atomic E-state index is 6.05. The molecule has 2 rings (SSSR count). The summed E-state index contributed by atoms with van der Waals surface area (Å²) in [5.41, 5.74) is 4.97. The number of nitrogens with one attached hydrogen (secondary N) is 1. The number of methoxy groups -OCH3 is 1. The maximum Gasteiger partial charge on any atom is 0.119 e. The Kier molecular flexibility index (Phi) is 4.81. The van der Waals surface area contributed by atoms with Crippen LogP contribution in [0.2, 0.25) is 5.02 Å². The summed E-state index contributed by atoms with van der Waals surface area (Å²) in [7, 11) is 1.64. The van der Waals surface area contributed by atoms with Gasteiger partial charge in [0.2, 0.25) is 0 Å². The first kappa shape index (κ1) is 13.4. The van der Waals surface area contributed by atoms with Crippen LogP contribution in [0.25, 0.3) is 0 Å². The second-order valence-electron chi connectivity index (χ2n) is 3.96. The Bertz CT molecular complexity index is 570. The zero-order chi connectivity index (χ0) is 13.5. The molecule has 2 aromatic carbocycles. The quantitative estimate of drug-likeness (QED) is 0.669. The molecule has 0 aliphatic rings. The van der Waals surface area contributed by atoms with Crippen molar-refractivity contribution < 1.29 is 4.74 Å². The molecular weight excluding hydrogens is 260 g/mol. The van der Waals surface area contributed by atoms with Crippen LogP contribution in [0.15, 0.2) is 53.6 Å². The number of nitrogens with zero attached hydrogens (tertiary/aromatic N) is 1. The molecule has 0 saturated heterocycles. The summed E-state index contributed by atoms with van der Waals surface area (Å²) in [6, 6.07) is 15.4. The molecular formula is C15H15ClN2O. The van der Waals surface area contributed by atoms with E-state index < -0.39 is 0 Å². The lowest BCUT2D eigenvalue weighted by Crippen LogP contribution is -2.05. The fourth-order valence-electron chi connectivity index (χ4n) is 1.61. The molecule has 0 amide bonds. The van der Waals surface area contributed by atoms with E-state index in [0.29, 0.717) is 6.54 Å². The molecule has 0 aliphatic carbocycles. The molecule has 0 aliphatic heterocycles. The molecule has 0 unspecified atom stereocenters. The molecule has 19 heavy (non-hydrogen) atoms. The molecule has 0 spiro atoms. The van der Waals surface area contributed by atoms with Gasteiger partial charge in [0, 0.05) is 5.02 Å². The van der Waals surface area contributed by atoms with Crippen LogP contribution in [0.3, 0.4) is 0 Å². The largest absolute Gasteiger partial charge is 0.497 e. The third kappa shape index (κ3) is 4.00. The first-order chi connectivity index (χ1) is 9.29. The van der Waals surface area contributed by atoms with Crippen LogP contribution in [-0.4, -0.2) is 13.3 Å². The number of halogens is 1. The number of benzene rings is 2. The fourth-order valence-corrected chi connectivity index (χ4v) is 1.82. The van der Waals surface area contributed by atoms with Crippen LogP contribution in [0.5, 0.6) is 5.75 Å². The average molecular weight is 275 g/mol. The summed E-state index contributed by atoms with van der Waals surface area (Å²) in [5.74, 6) is 0.815. The van der Waals surface area contributed by atoms with E-state index in [1.54, 1.807) is 13.3 Å². The van der Waals surface area contributed by atoms with Crippen molar-refractivity contribution >= 4 is 17.8 Å². The number of hydrogen-bond acceptors (Lipinski definition) is 3. The van der Waals surface area contributed by atoms with Crippen molar-refractivity contribution in [2.45, 2.75) is 6.54 Å². The van der Waals surface area contributed by atoms with Crippen LogP contribution in [0.1, 0.15) is 11.1 Å². The van der Waals surface area contributed by atoms with Gasteiger partial charge in [-0.2, -0.15) is 5.10 Å². The minimum absolute atomic E-state index is 0.597. The van der Waals surface area contributed by atoms with Crippen molar-refractivity contribution in [1.29, 1.82) is 0 Å². The van der Waals surface area contributed by atoms with Gasteiger partial charge in [-0.1, -0.05) is 41.9 Å². The minimum atomic E-state index is 0.597. The average Bonchev–Trinajstić information content (AvgIpc) is 2.45. The Balaban J connectivity index is 1.91. The molecule has 0 aromatic heterocycles. The topological polar surface area (TPSA) is 33.6 Å². The lowest BCUT2D eigenvalue weighted by molar-refractivity contribution is 0.414. The van der Waals surface area contributed by atoms with Gasteiger partial charge in [0.15, 0.2) is 0 Å². The first-order valence-corrected chi connectivity index (χ1v) is 6.31. The second kappa shape index (κ2) is 6.81. The third-order valence-electron chi connectivity index (χ3n) is 2.63. The molecule has 0 atom stereocenters. The number of hydrogen-bond donors (Lipinski definition) is 1. The highest BCUT2D eigenvalue weighted by molar-refractivity contribution is 6.31. The SMILES string of the molecule is COc1cccc(/C=N\NCc2ccccc2Cl)c1. The van der Waals surface area contributed by atoms with Gasteiger partial charge in [0.05, 0.1) is 19.9 Å². The second-order valence-corrected chi connectivity index (χ2v) is 4.37. The molecule has 3 nitrogen and oxygen atoms in total. The van der Waals surface area contributed by atoms with Crippen LogP contribution in [-0.2, 0) is 6.54 Å². The van der Waals surface area contributed by atoms with Crippen molar-refractivity contribution in [3.05, 3.63) is 64.7 Å². The standard InChI is InChI=1S/C15H15ClN2O/c1-19-14-7-4-5-12(9-14)10-17-18-11-13-6-2-3-8-15(13)16/h2-10,18H,11H2,1H3/b17-10-. The van der Waals surface area contributed by atoms with E-state index in [4.69, 9.17) is 16.3 Å². The molecule has 0 heterocycles. The van der Waals surface area contributed by atoms with Gasteiger partial charge in [0.25, 0.3) is 0 Å². The van der Waals surface area contributed by atoms with Gasteiger partial charge in [-0.05, 0) is 29.3 Å². The zero-order valence-electron chi connectivity index (χ0n) is 10.6. The molecule has 0 bridgehead atoms. The summed E-state index contributed by atoms with van der Waals surface area (Å²) in [4.78, 5) is 0. The van der Waals surface area contributed by atoms with Crippen LogP contribution in [0, 0.1) is 0 Å². The van der Waals surface area contributed by atoms with Crippen LogP contribution < -0.4 is 10.2 Å². The van der Waals surface area contributed by atoms with E-state index in [1.807, 2.05) is 48.5 Å². The third-order valence-corrected chi connectivity index (χ3v) is 2.99. The Labute approximate surface area is 117 Å². The maximum atomic E-state index is 6.05. The summed E-state index contributed by atoms with van der Waals surface area (Å²) >= 11 is 6.05. The van der Waals surface area contributed by atoms with Gasteiger partial charge in [-0.3, -0.25) is 0 Å². The Morgan fingerprint density at radius 2 is 2.05 bits per heavy atom. The highest BCUT2D eigenvalue weighted by atomic mass is 35.5. The Morgan fingerprint density at radius 1 is 1.21 bits per heavy atom. The smallest absolute Gasteiger partial charge is 0.119 e. The van der Waals surface area contributed by atoms with Crippen molar-refractivity contribution in [3.8, 4) is 5.75 Å². The molecule has 1 N–H and O–H groups in total. The zero-order valence-corrected chi connectivity index (χ0v) is 11.4. The minimum Gasteiger partial charge on any atom is -0.497 e. The van der Waals surface area contributed by atoms with Crippen molar-refractivity contribution in [1.82, 2.24) is 5.43 Å². The Morgan fingerprint density at radius 3 is 2.84 bits per heavy atom. The predicted octanol–water partition coefficient (Wildman–Crippen LogP) is 3.47. The summed E-state index contributed by atoms with van der Waals surface area (Å²) in [5, 5.41) is 4.91. The summed E-state index contributed by atoms with van der Waals surface area (Å²) in [6.07, 6.45) is 1.75. The van der Waals surface area contributed by atoms with Crippen molar-refractivity contribution in [3.63, 3.8) is 0 Å². The fraction of sp³-hybridized carbons (Fsp3) is 0.133. The molecule has 2 aromatic rings. The summed E-state index contributed by atoms with van der Waals surface area (Å²) in [6.45, 7) is 0.597. The molecule has 0 saturated carbocycles. The number of ether oxygens (including phenoxy) is 1. The monoisotopic (exact) mass is 274 g/mol. The highest BCUT2D eigenvalue weighted by Gasteiger charge is 1.96. The molecule has 0 radical (unpaired) electrons. The lowest BCUT2D eigenvalue weighted by atomic mass is 10.2. The van der Waals surface area contributed by atoms with E-state index in [0.717, 1.165) is 21.9 Å². The number of hydrazone groups is 1. The van der Waals surface area contributed by atoms with Crippen LogP contribution >= 0.6 is 11.6 Å². The van der Waals surface area contributed by atoms with E-state index >= 15 is 0 Å². The Hall–Kier alpha value is -2.00. The number of rotatable bonds is 5. The highest BCUT2D eigenvalue weighted by Crippen LogP contribution is 2.14. The van der Waals surface area contributed by atoms with Gasteiger partial charge >= 0.3 is 0 Å². The predicted molar refractivity (Wildman–Crippen MR) is 78.9 cm³/mol. The van der Waals surface area contributed by atoms with Gasteiger partial charge in [-0.15, -0.1) is 0 Å². The first-order valence-electron chi connectivity index (χ1n) is 5.93. The van der Waals surface area contributed by atoms with Gasteiger partial charge < -0.3 is 10.2 Å². The lowest BCUT2D eigenvalue weighted by Gasteiger charge is -2.03. The normalized spacial score (nSPS) is 10.6.